The van der Waals surface area contributed by atoms with E-state index < -0.39 is 0 Å². The van der Waals surface area contributed by atoms with Crippen molar-refractivity contribution in [3.63, 3.8) is 0 Å². The second kappa shape index (κ2) is 5.57. The molecule has 2 heterocycles. The standard InChI is InChI=1S/C10H18N6OS/c1-6-7(2)18-5-4-16(6)9-12-8(15-11)13-10(14-9)17-3/h6-7H,4-5,11H2,1-3H3,(H,12,13,14,15). The van der Waals surface area contributed by atoms with E-state index >= 15 is 0 Å². The van der Waals surface area contributed by atoms with E-state index in [0.29, 0.717) is 23.2 Å². The Bertz CT molecular complexity index is 395. The maximum absolute atomic E-state index is 5.35. The second-order valence-electron chi connectivity index (χ2n) is 4.10. The zero-order chi connectivity index (χ0) is 13.1. The lowest BCUT2D eigenvalue weighted by atomic mass is 10.2. The first kappa shape index (κ1) is 13.2. The van der Waals surface area contributed by atoms with Crippen LogP contribution in [0.4, 0.5) is 11.9 Å². The van der Waals surface area contributed by atoms with E-state index in [-0.39, 0.29) is 6.01 Å². The number of ether oxygens (including phenoxy) is 1. The van der Waals surface area contributed by atoms with Crippen LogP contribution in [0.3, 0.4) is 0 Å². The molecule has 1 saturated heterocycles. The van der Waals surface area contributed by atoms with Crippen LogP contribution in [-0.4, -0.2) is 45.7 Å². The molecular formula is C10H18N6OS. The molecule has 2 atom stereocenters. The van der Waals surface area contributed by atoms with Crippen molar-refractivity contribution in [2.75, 3.05) is 29.7 Å². The third kappa shape index (κ3) is 2.59. The topological polar surface area (TPSA) is 89.2 Å². The van der Waals surface area contributed by atoms with Crippen molar-refractivity contribution in [1.82, 2.24) is 15.0 Å². The van der Waals surface area contributed by atoms with E-state index in [4.69, 9.17) is 10.6 Å². The van der Waals surface area contributed by atoms with Crippen LogP contribution in [0.1, 0.15) is 13.8 Å². The quantitative estimate of drug-likeness (QED) is 0.606. The third-order valence-electron chi connectivity index (χ3n) is 3.06. The Balaban J connectivity index is 2.31. The monoisotopic (exact) mass is 270 g/mol. The van der Waals surface area contributed by atoms with Crippen molar-refractivity contribution in [2.45, 2.75) is 25.1 Å². The van der Waals surface area contributed by atoms with Gasteiger partial charge in [-0.1, -0.05) is 6.92 Å². The van der Waals surface area contributed by atoms with Gasteiger partial charge in [0, 0.05) is 23.6 Å². The Hall–Kier alpha value is -1.28. The highest BCUT2D eigenvalue weighted by atomic mass is 32.2. The molecule has 1 fully saturated rings. The van der Waals surface area contributed by atoms with Crippen molar-refractivity contribution < 1.29 is 4.74 Å². The number of thioether (sulfide) groups is 1. The molecule has 2 rings (SSSR count). The average molecular weight is 270 g/mol. The van der Waals surface area contributed by atoms with Crippen LogP contribution >= 0.6 is 11.8 Å². The van der Waals surface area contributed by atoms with Crippen LogP contribution in [0.2, 0.25) is 0 Å². The zero-order valence-corrected chi connectivity index (χ0v) is 11.6. The minimum absolute atomic E-state index is 0.269. The van der Waals surface area contributed by atoms with Gasteiger partial charge in [0.1, 0.15) is 0 Å². The highest BCUT2D eigenvalue weighted by molar-refractivity contribution is 8.00. The minimum Gasteiger partial charge on any atom is -0.467 e. The molecule has 0 aromatic carbocycles. The molecule has 3 N–H and O–H groups in total. The van der Waals surface area contributed by atoms with Gasteiger partial charge >= 0.3 is 6.01 Å². The lowest BCUT2D eigenvalue weighted by molar-refractivity contribution is 0.378. The maximum Gasteiger partial charge on any atom is 0.322 e. The minimum atomic E-state index is 0.269. The maximum atomic E-state index is 5.35. The summed E-state index contributed by atoms with van der Waals surface area (Å²) in [7, 11) is 1.53. The molecule has 100 valence electrons. The van der Waals surface area contributed by atoms with Crippen LogP contribution in [0.5, 0.6) is 6.01 Å². The van der Waals surface area contributed by atoms with Gasteiger partial charge in [0.25, 0.3) is 0 Å². The summed E-state index contributed by atoms with van der Waals surface area (Å²) in [5.74, 6) is 7.33. The van der Waals surface area contributed by atoms with E-state index in [1.807, 2.05) is 11.8 Å². The number of aromatic nitrogens is 3. The van der Waals surface area contributed by atoms with Crippen molar-refractivity contribution in [2.24, 2.45) is 5.84 Å². The van der Waals surface area contributed by atoms with Crippen molar-refractivity contribution >= 4 is 23.7 Å². The van der Waals surface area contributed by atoms with E-state index in [2.05, 4.69) is 39.1 Å². The number of methoxy groups -OCH3 is 1. The van der Waals surface area contributed by atoms with Crippen LogP contribution in [0.15, 0.2) is 0 Å². The van der Waals surface area contributed by atoms with Crippen molar-refractivity contribution in [3.05, 3.63) is 0 Å². The summed E-state index contributed by atoms with van der Waals surface area (Å²) in [5.41, 5.74) is 2.43. The molecule has 0 amide bonds. The van der Waals surface area contributed by atoms with E-state index in [1.165, 1.54) is 7.11 Å². The summed E-state index contributed by atoms with van der Waals surface area (Å²) in [5, 5.41) is 0.538. The number of rotatable bonds is 3. The molecule has 1 aliphatic heterocycles. The van der Waals surface area contributed by atoms with Crippen LogP contribution in [0, 0.1) is 0 Å². The molecule has 0 bridgehead atoms. The van der Waals surface area contributed by atoms with E-state index in [9.17, 15) is 0 Å². The zero-order valence-electron chi connectivity index (χ0n) is 10.8. The summed E-state index contributed by atoms with van der Waals surface area (Å²) in [4.78, 5) is 14.7. The third-order valence-corrected chi connectivity index (χ3v) is 4.39. The Morgan fingerprint density at radius 3 is 2.83 bits per heavy atom. The molecule has 0 radical (unpaired) electrons. The summed E-state index contributed by atoms with van der Waals surface area (Å²) >= 11 is 1.96. The molecule has 1 aromatic rings. The predicted octanol–water partition coefficient (Wildman–Crippen LogP) is 0.496. The predicted molar refractivity (Wildman–Crippen MR) is 72.9 cm³/mol. The average Bonchev–Trinajstić information content (AvgIpc) is 2.41. The molecule has 1 aliphatic rings. The van der Waals surface area contributed by atoms with Gasteiger partial charge in [0.2, 0.25) is 11.9 Å². The molecule has 0 saturated carbocycles. The number of nitrogen functional groups attached to an aromatic ring is 1. The smallest absolute Gasteiger partial charge is 0.322 e. The van der Waals surface area contributed by atoms with Gasteiger partial charge in [-0.2, -0.15) is 26.7 Å². The first-order valence-corrected chi connectivity index (χ1v) is 6.85. The largest absolute Gasteiger partial charge is 0.467 e. The number of nitrogens with one attached hydrogen (secondary N) is 1. The first-order valence-electron chi connectivity index (χ1n) is 5.80. The highest BCUT2D eigenvalue weighted by Gasteiger charge is 2.27. The van der Waals surface area contributed by atoms with Gasteiger partial charge < -0.3 is 9.64 Å². The summed E-state index contributed by atoms with van der Waals surface area (Å²) in [6, 6.07) is 0.632. The highest BCUT2D eigenvalue weighted by Crippen LogP contribution is 2.27. The normalized spacial score (nSPS) is 23.9. The number of hydrogen-bond acceptors (Lipinski definition) is 8. The van der Waals surface area contributed by atoms with E-state index in [0.717, 1.165) is 12.3 Å². The molecule has 7 nitrogen and oxygen atoms in total. The summed E-state index contributed by atoms with van der Waals surface area (Å²) < 4.78 is 5.06. The van der Waals surface area contributed by atoms with Gasteiger partial charge in [-0.15, -0.1) is 0 Å². The fourth-order valence-corrected chi connectivity index (χ4v) is 2.94. The number of hydrogen-bond donors (Lipinski definition) is 2. The molecular weight excluding hydrogens is 252 g/mol. The summed E-state index contributed by atoms with van der Waals surface area (Å²) in [6.45, 7) is 5.29. The number of hydrazine groups is 1. The Morgan fingerprint density at radius 1 is 1.39 bits per heavy atom. The number of nitrogens with zero attached hydrogens (tertiary/aromatic N) is 4. The van der Waals surface area contributed by atoms with Crippen molar-refractivity contribution in [1.29, 1.82) is 0 Å². The molecule has 18 heavy (non-hydrogen) atoms. The van der Waals surface area contributed by atoms with Crippen LogP contribution in [-0.2, 0) is 0 Å². The lowest BCUT2D eigenvalue weighted by Crippen LogP contribution is -2.45. The van der Waals surface area contributed by atoms with Crippen LogP contribution < -0.4 is 20.9 Å². The van der Waals surface area contributed by atoms with Gasteiger partial charge in [0.15, 0.2) is 0 Å². The number of anilines is 2. The SMILES string of the molecule is COc1nc(NN)nc(N2CCSC(C)C2C)n1. The molecule has 8 heteroatoms. The fraction of sp³-hybridized carbons (Fsp3) is 0.700. The Morgan fingerprint density at radius 2 is 2.17 bits per heavy atom. The molecule has 0 aliphatic carbocycles. The van der Waals surface area contributed by atoms with E-state index in [1.54, 1.807) is 0 Å². The van der Waals surface area contributed by atoms with Gasteiger partial charge in [-0.25, -0.2) is 5.84 Å². The summed E-state index contributed by atoms with van der Waals surface area (Å²) in [6.07, 6.45) is 0. The second-order valence-corrected chi connectivity index (χ2v) is 5.59. The lowest BCUT2D eigenvalue weighted by Gasteiger charge is -2.37. The Kier molecular flexibility index (Phi) is 4.07. The Labute approximate surface area is 110 Å². The molecule has 2 unspecified atom stereocenters. The van der Waals surface area contributed by atoms with Crippen molar-refractivity contribution in [3.8, 4) is 6.01 Å². The van der Waals surface area contributed by atoms with Gasteiger partial charge in [-0.05, 0) is 6.92 Å². The van der Waals surface area contributed by atoms with Gasteiger partial charge in [-0.3, -0.25) is 5.43 Å². The fourth-order valence-electron chi connectivity index (χ4n) is 1.85. The number of nitrogens with two attached hydrogens (primary N) is 1. The molecule has 1 aromatic heterocycles. The molecule has 0 spiro atoms. The first-order chi connectivity index (χ1) is 8.65. The van der Waals surface area contributed by atoms with Crippen LogP contribution in [0.25, 0.3) is 0 Å². The van der Waals surface area contributed by atoms with Gasteiger partial charge in [0.05, 0.1) is 7.11 Å².